The van der Waals surface area contributed by atoms with Crippen molar-refractivity contribution in [2.24, 2.45) is 5.92 Å². The second kappa shape index (κ2) is 4.73. The first kappa shape index (κ1) is 9.01. The van der Waals surface area contributed by atoms with E-state index in [4.69, 9.17) is 0 Å². The summed E-state index contributed by atoms with van der Waals surface area (Å²) >= 11 is 0. The summed E-state index contributed by atoms with van der Waals surface area (Å²) in [6, 6.07) is 0. The molecule has 1 N–H and O–H groups in total. The van der Waals surface area contributed by atoms with Crippen LogP contribution in [0.25, 0.3) is 0 Å². The van der Waals surface area contributed by atoms with Crippen LogP contribution in [0.1, 0.15) is 19.8 Å². The molecule has 2 nitrogen and oxygen atoms in total. The standard InChI is InChI=1S/C9H20N2/c1-3-5-10-7-9-4-6-11(2)8-9/h9-10H,3-8H2,1-2H3. The molecule has 0 aromatic carbocycles. The van der Waals surface area contributed by atoms with Gasteiger partial charge in [-0.05, 0) is 45.4 Å². The van der Waals surface area contributed by atoms with Crippen LogP contribution in [0.4, 0.5) is 0 Å². The maximum absolute atomic E-state index is 3.47. The molecule has 1 unspecified atom stereocenters. The number of likely N-dealkylation sites (tertiary alicyclic amines) is 1. The van der Waals surface area contributed by atoms with Crippen molar-refractivity contribution in [3.05, 3.63) is 0 Å². The lowest BCUT2D eigenvalue weighted by molar-refractivity contribution is 0.388. The number of hydrogen-bond acceptors (Lipinski definition) is 2. The topological polar surface area (TPSA) is 15.3 Å². The molecule has 11 heavy (non-hydrogen) atoms. The number of nitrogens with one attached hydrogen (secondary N) is 1. The molecule has 0 aromatic heterocycles. The van der Waals surface area contributed by atoms with Crippen molar-refractivity contribution >= 4 is 0 Å². The van der Waals surface area contributed by atoms with Gasteiger partial charge in [0.05, 0.1) is 0 Å². The molecule has 66 valence electrons. The Kier molecular flexibility index (Phi) is 3.87. The summed E-state index contributed by atoms with van der Waals surface area (Å²) in [6.45, 7) is 7.20. The quantitative estimate of drug-likeness (QED) is 0.609. The molecule has 0 radical (unpaired) electrons. The maximum Gasteiger partial charge on any atom is 0.00192 e. The van der Waals surface area contributed by atoms with Crippen molar-refractivity contribution < 1.29 is 0 Å². The van der Waals surface area contributed by atoms with Crippen LogP contribution in [0, 0.1) is 5.92 Å². The molecule has 1 atom stereocenters. The van der Waals surface area contributed by atoms with E-state index in [9.17, 15) is 0 Å². The lowest BCUT2D eigenvalue weighted by Crippen LogP contribution is -2.25. The van der Waals surface area contributed by atoms with Gasteiger partial charge in [0.1, 0.15) is 0 Å². The van der Waals surface area contributed by atoms with Crippen LogP contribution < -0.4 is 5.32 Å². The SMILES string of the molecule is CCCNCC1CCN(C)C1. The Morgan fingerprint density at radius 3 is 2.91 bits per heavy atom. The fraction of sp³-hybridized carbons (Fsp3) is 1.00. The third kappa shape index (κ3) is 3.21. The molecule has 1 saturated heterocycles. The van der Waals surface area contributed by atoms with E-state index in [1.54, 1.807) is 0 Å². The van der Waals surface area contributed by atoms with Gasteiger partial charge in [0.2, 0.25) is 0 Å². The van der Waals surface area contributed by atoms with Crippen molar-refractivity contribution in [3.63, 3.8) is 0 Å². The summed E-state index contributed by atoms with van der Waals surface area (Å²) in [7, 11) is 2.21. The average molecular weight is 156 g/mol. The number of rotatable bonds is 4. The van der Waals surface area contributed by atoms with Crippen LogP contribution in [-0.2, 0) is 0 Å². The van der Waals surface area contributed by atoms with Gasteiger partial charge in [0.15, 0.2) is 0 Å². The van der Waals surface area contributed by atoms with Crippen LogP contribution in [0.3, 0.4) is 0 Å². The summed E-state index contributed by atoms with van der Waals surface area (Å²) in [5, 5.41) is 3.47. The minimum Gasteiger partial charge on any atom is -0.316 e. The zero-order valence-electron chi connectivity index (χ0n) is 7.77. The number of hydrogen-bond donors (Lipinski definition) is 1. The Labute approximate surface area is 70.0 Å². The summed E-state index contributed by atoms with van der Waals surface area (Å²) in [6.07, 6.45) is 2.63. The molecule has 1 fully saturated rings. The third-order valence-corrected chi connectivity index (χ3v) is 2.35. The van der Waals surface area contributed by atoms with Crippen molar-refractivity contribution in [1.29, 1.82) is 0 Å². The van der Waals surface area contributed by atoms with Gasteiger partial charge in [-0.15, -0.1) is 0 Å². The molecule has 0 aliphatic carbocycles. The van der Waals surface area contributed by atoms with Gasteiger partial charge in [0, 0.05) is 6.54 Å². The molecule has 1 aliphatic heterocycles. The van der Waals surface area contributed by atoms with Gasteiger partial charge in [-0.3, -0.25) is 0 Å². The van der Waals surface area contributed by atoms with E-state index >= 15 is 0 Å². The first-order valence-electron chi connectivity index (χ1n) is 4.72. The van der Waals surface area contributed by atoms with Crippen LogP contribution in [-0.4, -0.2) is 38.1 Å². The monoisotopic (exact) mass is 156 g/mol. The molecule has 1 rings (SSSR count). The minimum atomic E-state index is 0.909. The van der Waals surface area contributed by atoms with Crippen LogP contribution in [0.2, 0.25) is 0 Å². The molecule has 2 heteroatoms. The summed E-state index contributed by atoms with van der Waals surface area (Å²) in [4.78, 5) is 2.41. The Hall–Kier alpha value is -0.0800. The predicted octanol–water partition coefficient (Wildman–Crippen LogP) is 0.938. The van der Waals surface area contributed by atoms with E-state index in [0.717, 1.165) is 5.92 Å². The van der Waals surface area contributed by atoms with Gasteiger partial charge < -0.3 is 10.2 Å². The lowest BCUT2D eigenvalue weighted by Gasteiger charge is -2.10. The fourth-order valence-corrected chi connectivity index (χ4v) is 1.68. The van der Waals surface area contributed by atoms with Crippen LogP contribution in [0.5, 0.6) is 0 Å². The first-order chi connectivity index (χ1) is 5.33. The molecule has 1 heterocycles. The van der Waals surface area contributed by atoms with Crippen LogP contribution in [0.15, 0.2) is 0 Å². The van der Waals surface area contributed by atoms with E-state index in [2.05, 4.69) is 24.2 Å². The molecule has 0 spiro atoms. The van der Waals surface area contributed by atoms with Gasteiger partial charge in [-0.1, -0.05) is 6.92 Å². The largest absolute Gasteiger partial charge is 0.316 e. The van der Waals surface area contributed by atoms with Gasteiger partial charge in [-0.2, -0.15) is 0 Å². The van der Waals surface area contributed by atoms with E-state index in [1.165, 1.54) is 39.0 Å². The highest BCUT2D eigenvalue weighted by atomic mass is 15.1. The lowest BCUT2D eigenvalue weighted by atomic mass is 10.1. The maximum atomic E-state index is 3.47. The highest BCUT2D eigenvalue weighted by Gasteiger charge is 2.18. The Morgan fingerprint density at radius 2 is 2.36 bits per heavy atom. The van der Waals surface area contributed by atoms with Gasteiger partial charge in [0.25, 0.3) is 0 Å². The minimum absolute atomic E-state index is 0.909. The molecular formula is C9H20N2. The second-order valence-electron chi connectivity index (χ2n) is 3.62. The molecule has 0 amide bonds. The summed E-state index contributed by atoms with van der Waals surface area (Å²) in [5.74, 6) is 0.909. The van der Waals surface area contributed by atoms with Crippen molar-refractivity contribution in [3.8, 4) is 0 Å². The Bertz CT molecular complexity index is 104. The highest BCUT2D eigenvalue weighted by molar-refractivity contribution is 4.74. The number of nitrogens with zero attached hydrogens (tertiary/aromatic N) is 1. The van der Waals surface area contributed by atoms with Gasteiger partial charge in [-0.25, -0.2) is 0 Å². The van der Waals surface area contributed by atoms with Crippen molar-refractivity contribution in [1.82, 2.24) is 10.2 Å². The Balaban J connectivity index is 1.99. The van der Waals surface area contributed by atoms with Crippen molar-refractivity contribution in [2.75, 3.05) is 33.2 Å². The molecular weight excluding hydrogens is 136 g/mol. The summed E-state index contributed by atoms with van der Waals surface area (Å²) in [5.41, 5.74) is 0. The molecule has 1 aliphatic rings. The molecule has 0 saturated carbocycles. The molecule has 0 bridgehead atoms. The average Bonchev–Trinajstić information content (AvgIpc) is 2.37. The first-order valence-corrected chi connectivity index (χ1v) is 4.72. The van der Waals surface area contributed by atoms with E-state index in [1.807, 2.05) is 0 Å². The van der Waals surface area contributed by atoms with Gasteiger partial charge >= 0.3 is 0 Å². The third-order valence-electron chi connectivity index (χ3n) is 2.35. The van der Waals surface area contributed by atoms with E-state index < -0.39 is 0 Å². The molecule has 0 aromatic rings. The predicted molar refractivity (Wildman–Crippen MR) is 48.8 cm³/mol. The zero-order chi connectivity index (χ0) is 8.10. The zero-order valence-corrected chi connectivity index (χ0v) is 7.77. The highest BCUT2D eigenvalue weighted by Crippen LogP contribution is 2.12. The van der Waals surface area contributed by atoms with Crippen molar-refractivity contribution in [2.45, 2.75) is 19.8 Å². The van der Waals surface area contributed by atoms with E-state index in [0.29, 0.717) is 0 Å². The normalized spacial score (nSPS) is 26.2. The van der Waals surface area contributed by atoms with E-state index in [-0.39, 0.29) is 0 Å². The van der Waals surface area contributed by atoms with Crippen LogP contribution >= 0.6 is 0 Å². The summed E-state index contributed by atoms with van der Waals surface area (Å²) < 4.78 is 0. The smallest absolute Gasteiger partial charge is 0.00192 e. The fourth-order valence-electron chi connectivity index (χ4n) is 1.68. The second-order valence-corrected chi connectivity index (χ2v) is 3.62. The Morgan fingerprint density at radius 1 is 1.55 bits per heavy atom.